The lowest BCUT2D eigenvalue weighted by Crippen LogP contribution is -2.39. The summed E-state index contributed by atoms with van der Waals surface area (Å²) in [4.78, 5) is 13.9. The van der Waals surface area contributed by atoms with Crippen LogP contribution < -0.4 is 5.32 Å². The van der Waals surface area contributed by atoms with Crippen molar-refractivity contribution < 1.29 is 19.4 Å². The van der Waals surface area contributed by atoms with Crippen LogP contribution in [0.4, 0.5) is 5.69 Å². The molecule has 1 heterocycles. The monoisotopic (exact) mass is 536 g/mol. The number of aliphatic hydroxyl groups excluding tert-OH is 1. The Balaban J connectivity index is 1.39. The van der Waals surface area contributed by atoms with Gasteiger partial charge in [0.2, 0.25) is 5.91 Å². The smallest absolute Gasteiger partial charge is 0.221 e. The number of carbonyl (C=O) groups excluding carboxylic acids is 1. The average Bonchev–Trinajstić information content (AvgIpc) is 2.98. The number of benzene rings is 4. The van der Waals surface area contributed by atoms with Crippen molar-refractivity contribution in [1.82, 2.24) is 4.90 Å². The Bertz CT molecular complexity index is 1300. The number of hydrogen-bond acceptors (Lipinski definition) is 5. The summed E-state index contributed by atoms with van der Waals surface area (Å²) < 4.78 is 13.1. The summed E-state index contributed by atoms with van der Waals surface area (Å²) in [5.41, 5.74) is 6.07. The topological polar surface area (TPSA) is 71.0 Å². The third-order valence-corrected chi connectivity index (χ3v) is 7.08. The summed E-state index contributed by atoms with van der Waals surface area (Å²) in [5, 5.41) is 12.3. The van der Waals surface area contributed by atoms with Crippen LogP contribution in [0.25, 0.3) is 0 Å². The molecule has 0 aromatic heterocycles. The fourth-order valence-electron chi connectivity index (χ4n) is 5.12. The van der Waals surface area contributed by atoms with Crippen LogP contribution >= 0.6 is 0 Å². The van der Waals surface area contributed by atoms with E-state index in [1.807, 2.05) is 60.7 Å². The molecule has 0 saturated carbocycles. The minimum absolute atomic E-state index is 0.00867. The summed E-state index contributed by atoms with van der Waals surface area (Å²) >= 11 is 0. The Hall–Kier alpha value is -3.81. The second kappa shape index (κ2) is 13.5. The molecule has 1 fully saturated rings. The first kappa shape index (κ1) is 27.7. The predicted octanol–water partition coefficient (Wildman–Crippen LogP) is 6.39. The molecule has 40 heavy (non-hydrogen) atoms. The normalized spacial score (nSPS) is 18.9. The van der Waals surface area contributed by atoms with Crippen molar-refractivity contribution >= 4 is 11.6 Å². The fourth-order valence-corrected chi connectivity index (χ4v) is 5.12. The number of amides is 1. The summed E-state index contributed by atoms with van der Waals surface area (Å²) in [6, 6.07) is 36.6. The molecule has 1 aliphatic heterocycles. The van der Waals surface area contributed by atoms with E-state index < -0.39 is 6.29 Å². The lowest BCUT2D eigenvalue weighted by molar-refractivity contribution is -0.253. The highest BCUT2D eigenvalue weighted by Gasteiger charge is 2.33. The molecule has 3 atom stereocenters. The van der Waals surface area contributed by atoms with Gasteiger partial charge >= 0.3 is 0 Å². The van der Waals surface area contributed by atoms with E-state index in [0.717, 1.165) is 42.0 Å². The Kier molecular flexibility index (Phi) is 9.37. The lowest BCUT2D eigenvalue weighted by atomic mass is 9.99. The number of rotatable bonds is 10. The number of aliphatic hydroxyl groups is 1. The van der Waals surface area contributed by atoms with Crippen molar-refractivity contribution in [3.05, 3.63) is 137 Å². The van der Waals surface area contributed by atoms with E-state index in [1.54, 1.807) is 0 Å². The molecule has 4 aromatic carbocycles. The van der Waals surface area contributed by atoms with Crippen LogP contribution in [0.1, 0.15) is 53.6 Å². The van der Waals surface area contributed by atoms with E-state index in [0.29, 0.717) is 6.42 Å². The van der Waals surface area contributed by atoms with Gasteiger partial charge in [0.15, 0.2) is 6.29 Å². The van der Waals surface area contributed by atoms with Crippen LogP contribution in [0, 0.1) is 0 Å². The second-order valence-electron chi connectivity index (χ2n) is 10.3. The highest BCUT2D eigenvalue weighted by molar-refractivity contribution is 5.88. The first-order chi connectivity index (χ1) is 19.6. The largest absolute Gasteiger partial charge is 0.392 e. The molecule has 0 aliphatic carbocycles. The molecule has 0 spiro atoms. The van der Waals surface area contributed by atoms with Gasteiger partial charge in [-0.25, -0.2) is 0 Å². The van der Waals surface area contributed by atoms with Gasteiger partial charge in [0.25, 0.3) is 0 Å². The number of carbonyl (C=O) groups is 1. The van der Waals surface area contributed by atoms with Crippen molar-refractivity contribution in [1.29, 1.82) is 0 Å². The SMILES string of the molecule is CC(=O)Nc1ccc(C2OC(CN(Cc3ccccc3)Cc3ccccc3)CC(c3ccc(CO)cc3)O2)cc1. The summed E-state index contributed by atoms with van der Waals surface area (Å²) in [5.74, 6) is -0.110. The van der Waals surface area contributed by atoms with Crippen LogP contribution in [0.3, 0.4) is 0 Å². The van der Waals surface area contributed by atoms with Gasteiger partial charge in [-0.3, -0.25) is 9.69 Å². The maximum Gasteiger partial charge on any atom is 0.221 e. The Morgan fingerprint density at radius 2 is 1.35 bits per heavy atom. The van der Waals surface area contributed by atoms with Crippen LogP contribution in [-0.2, 0) is 34.0 Å². The predicted molar refractivity (Wildman–Crippen MR) is 156 cm³/mol. The minimum atomic E-state index is -0.553. The van der Waals surface area contributed by atoms with E-state index in [4.69, 9.17) is 9.47 Å². The third kappa shape index (κ3) is 7.64. The van der Waals surface area contributed by atoms with Gasteiger partial charge < -0.3 is 19.9 Å². The van der Waals surface area contributed by atoms with E-state index in [-0.39, 0.29) is 24.7 Å². The third-order valence-electron chi connectivity index (χ3n) is 7.08. The van der Waals surface area contributed by atoms with Crippen LogP contribution in [0.2, 0.25) is 0 Å². The Morgan fingerprint density at radius 1 is 0.775 bits per heavy atom. The summed E-state index contributed by atoms with van der Waals surface area (Å²) in [7, 11) is 0. The maximum absolute atomic E-state index is 11.5. The van der Waals surface area contributed by atoms with E-state index in [9.17, 15) is 9.90 Å². The summed E-state index contributed by atoms with van der Waals surface area (Å²) in [6.07, 6.45) is -0.0903. The van der Waals surface area contributed by atoms with Gasteiger partial charge in [0, 0.05) is 44.2 Å². The van der Waals surface area contributed by atoms with Crippen molar-refractivity contribution in [2.24, 2.45) is 0 Å². The molecule has 2 N–H and O–H groups in total. The first-order valence-electron chi connectivity index (χ1n) is 13.7. The fraction of sp³-hybridized carbons (Fsp3) is 0.265. The van der Waals surface area contributed by atoms with Crippen LogP contribution in [0.5, 0.6) is 0 Å². The van der Waals surface area contributed by atoms with Gasteiger partial charge in [-0.1, -0.05) is 97.1 Å². The Morgan fingerprint density at radius 3 is 1.90 bits per heavy atom. The van der Waals surface area contributed by atoms with Gasteiger partial charge in [0.1, 0.15) is 0 Å². The van der Waals surface area contributed by atoms with Crippen molar-refractivity contribution in [2.75, 3.05) is 11.9 Å². The molecule has 1 amide bonds. The molecular formula is C34H36N2O4. The molecule has 5 rings (SSSR count). The van der Waals surface area contributed by atoms with Crippen molar-refractivity contribution in [2.45, 2.75) is 51.5 Å². The molecule has 0 radical (unpaired) electrons. The second-order valence-corrected chi connectivity index (χ2v) is 10.3. The number of ether oxygens (including phenoxy) is 2. The maximum atomic E-state index is 11.5. The highest BCUT2D eigenvalue weighted by atomic mass is 16.7. The molecule has 1 saturated heterocycles. The van der Waals surface area contributed by atoms with E-state index >= 15 is 0 Å². The zero-order chi connectivity index (χ0) is 27.7. The molecular weight excluding hydrogens is 500 g/mol. The van der Waals surface area contributed by atoms with Gasteiger partial charge in [-0.2, -0.15) is 0 Å². The van der Waals surface area contributed by atoms with E-state index in [1.165, 1.54) is 18.1 Å². The number of hydrogen-bond donors (Lipinski definition) is 2. The summed E-state index contributed by atoms with van der Waals surface area (Å²) in [6.45, 7) is 3.85. The standard InChI is InChI=1S/C34H36N2O4/c1-25(38)35-31-18-16-30(17-19-31)34-39-32(20-33(40-34)29-14-12-28(24-37)13-15-29)23-36(21-26-8-4-2-5-9-26)22-27-10-6-3-7-11-27/h2-19,32-34,37H,20-24H2,1H3,(H,35,38). The quantitative estimate of drug-likeness (QED) is 0.246. The zero-order valence-electron chi connectivity index (χ0n) is 22.8. The molecule has 6 nitrogen and oxygen atoms in total. The number of nitrogens with zero attached hydrogens (tertiary/aromatic N) is 1. The number of anilines is 1. The lowest BCUT2D eigenvalue weighted by Gasteiger charge is -2.38. The van der Waals surface area contributed by atoms with Crippen molar-refractivity contribution in [3.8, 4) is 0 Å². The van der Waals surface area contributed by atoms with Crippen molar-refractivity contribution in [3.63, 3.8) is 0 Å². The van der Waals surface area contributed by atoms with Gasteiger partial charge in [-0.05, 0) is 34.4 Å². The molecule has 4 aromatic rings. The molecule has 0 bridgehead atoms. The average molecular weight is 537 g/mol. The Labute approximate surface area is 236 Å². The van der Waals surface area contributed by atoms with Gasteiger partial charge in [-0.15, -0.1) is 0 Å². The van der Waals surface area contributed by atoms with Crippen LogP contribution in [-0.4, -0.2) is 28.6 Å². The van der Waals surface area contributed by atoms with Gasteiger partial charge in [0.05, 0.1) is 18.8 Å². The first-order valence-corrected chi connectivity index (χ1v) is 13.7. The highest BCUT2D eigenvalue weighted by Crippen LogP contribution is 2.38. The number of nitrogens with one attached hydrogen (secondary N) is 1. The van der Waals surface area contributed by atoms with Crippen LogP contribution in [0.15, 0.2) is 109 Å². The molecule has 3 unspecified atom stereocenters. The molecule has 6 heteroatoms. The van der Waals surface area contributed by atoms with E-state index in [2.05, 4.69) is 58.7 Å². The zero-order valence-corrected chi connectivity index (χ0v) is 22.8. The minimum Gasteiger partial charge on any atom is -0.392 e. The molecule has 206 valence electrons. The molecule has 1 aliphatic rings.